The summed E-state index contributed by atoms with van der Waals surface area (Å²) in [7, 11) is 0. The first-order valence-corrected chi connectivity index (χ1v) is 12.3. The summed E-state index contributed by atoms with van der Waals surface area (Å²) in [6.07, 6.45) is 4.44. The van der Waals surface area contributed by atoms with Crippen molar-refractivity contribution in [1.29, 1.82) is 0 Å². The molecule has 0 unspecified atom stereocenters. The van der Waals surface area contributed by atoms with Crippen LogP contribution in [0.4, 0.5) is 0 Å². The van der Waals surface area contributed by atoms with Crippen LogP contribution in [0.15, 0.2) is 48.5 Å². The van der Waals surface area contributed by atoms with Gasteiger partial charge in [0.2, 0.25) is 0 Å². The zero-order chi connectivity index (χ0) is 24.3. The van der Waals surface area contributed by atoms with Crippen LogP contribution < -0.4 is 4.74 Å². The van der Waals surface area contributed by atoms with Gasteiger partial charge < -0.3 is 20.1 Å². The molecule has 2 aromatic carbocycles. The molecule has 0 aromatic heterocycles. The molecule has 0 heterocycles. The first kappa shape index (κ1) is 24.4. The number of aliphatic hydroxyl groups excluding tert-OH is 2. The molecule has 0 saturated heterocycles. The number of rotatable bonds is 10. The lowest BCUT2D eigenvalue weighted by Gasteiger charge is -2.46. The molecule has 34 heavy (non-hydrogen) atoms. The van der Waals surface area contributed by atoms with E-state index >= 15 is 0 Å². The molecule has 0 spiro atoms. The van der Waals surface area contributed by atoms with Gasteiger partial charge in [0, 0.05) is 23.7 Å². The van der Waals surface area contributed by atoms with Crippen molar-refractivity contribution in [2.45, 2.75) is 70.0 Å². The minimum Gasteiger partial charge on any atom is -0.482 e. The molecule has 4 rings (SSSR count). The molecule has 2 aliphatic rings. The van der Waals surface area contributed by atoms with E-state index in [9.17, 15) is 19.8 Å². The van der Waals surface area contributed by atoms with Crippen molar-refractivity contribution in [1.82, 2.24) is 0 Å². The summed E-state index contributed by atoms with van der Waals surface area (Å²) in [5.74, 6) is -1.35. The van der Waals surface area contributed by atoms with Crippen LogP contribution in [-0.2, 0) is 16.0 Å². The second-order valence-corrected chi connectivity index (χ2v) is 9.94. The molecule has 6 heteroatoms. The average molecular weight is 467 g/mol. The van der Waals surface area contributed by atoms with Crippen LogP contribution in [0, 0.1) is 11.3 Å². The average Bonchev–Trinajstić information content (AvgIpc) is 3.07. The van der Waals surface area contributed by atoms with Crippen molar-refractivity contribution >= 4 is 11.8 Å². The van der Waals surface area contributed by atoms with Crippen molar-refractivity contribution in [3.05, 3.63) is 65.2 Å². The fourth-order valence-corrected chi connectivity index (χ4v) is 5.89. The third-order valence-electron chi connectivity index (χ3n) is 7.68. The predicted octanol–water partition coefficient (Wildman–Crippen LogP) is 4.43. The van der Waals surface area contributed by atoms with E-state index in [1.807, 2.05) is 30.3 Å². The first-order chi connectivity index (χ1) is 16.3. The molecule has 3 N–H and O–H groups in total. The number of Topliss-reactive ketones (excluding diaryl/α,β-unsaturated/α-hetero) is 1. The maximum atomic E-state index is 12.9. The molecule has 2 aliphatic carbocycles. The normalized spacial score (nSPS) is 24.4. The minimum absolute atomic E-state index is 0.0155. The Morgan fingerprint density at radius 1 is 1.18 bits per heavy atom. The Balaban J connectivity index is 1.56. The minimum atomic E-state index is -1.05. The van der Waals surface area contributed by atoms with E-state index in [2.05, 4.69) is 6.92 Å². The summed E-state index contributed by atoms with van der Waals surface area (Å²) in [6, 6.07) is 14.9. The van der Waals surface area contributed by atoms with Crippen molar-refractivity contribution < 1.29 is 29.6 Å². The largest absolute Gasteiger partial charge is 0.482 e. The van der Waals surface area contributed by atoms with Crippen LogP contribution >= 0.6 is 0 Å². The van der Waals surface area contributed by atoms with E-state index in [4.69, 9.17) is 9.84 Å². The van der Waals surface area contributed by atoms with E-state index in [-0.39, 0.29) is 23.5 Å². The molecule has 2 fully saturated rings. The molecule has 2 saturated carbocycles. The maximum Gasteiger partial charge on any atom is 0.341 e. The van der Waals surface area contributed by atoms with E-state index in [1.165, 1.54) is 0 Å². The van der Waals surface area contributed by atoms with E-state index in [1.54, 1.807) is 18.2 Å². The molecule has 0 bridgehead atoms. The van der Waals surface area contributed by atoms with Gasteiger partial charge in [-0.05, 0) is 54.5 Å². The van der Waals surface area contributed by atoms with Gasteiger partial charge in [-0.2, -0.15) is 0 Å². The highest BCUT2D eigenvalue weighted by Crippen LogP contribution is 2.53. The van der Waals surface area contributed by atoms with Crippen LogP contribution in [0.25, 0.3) is 0 Å². The van der Waals surface area contributed by atoms with Crippen molar-refractivity contribution in [2.24, 2.45) is 11.3 Å². The number of carboxylic acid groups (broad SMARTS) is 1. The molecule has 6 nitrogen and oxygen atoms in total. The second kappa shape index (κ2) is 10.3. The molecule has 0 amide bonds. The summed E-state index contributed by atoms with van der Waals surface area (Å²) in [6.45, 7) is 1.72. The molecular weight excluding hydrogens is 432 g/mol. The van der Waals surface area contributed by atoms with Gasteiger partial charge in [0.05, 0.1) is 12.2 Å². The lowest BCUT2D eigenvalue weighted by molar-refractivity contribution is -0.139. The van der Waals surface area contributed by atoms with Gasteiger partial charge in [-0.15, -0.1) is 0 Å². The van der Waals surface area contributed by atoms with Crippen LogP contribution in [0.5, 0.6) is 5.75 Å². The summed E-state index contributed by atoms with van der Waals surface area (Å²) < 4.78 is 5.28. The predicted molar refractivity (Wildman–Crippen MR) is 128 cm³/mol. The van der Waals surface area contributed by atoms with E-state index in [0.717, 1.165) is 48.8 Å². The molecular formula is C28H34O6. The monoisotopic (exact) mass is 466 g/mol. The number of aliphatic carboxylic acids is 1. The number of carbonyl (C=O) groups excluding carboxylic acids is 1. The Kier molecular flexibility index (Phi) is 7.39. The Hall–Kier alpha value is -2.70. The van der Waals surface area contributed by atoms with Gasteiger partial charge in [0.25, 0.3) is 0 Å². The number of aliphatic hydroxyl groups is 2. The van der Waals surface area contributed by atoms with Gasteiger partial charge in [-0.1, -0.05) is 56.2 Å². The van der Waals surface area contributed by atoms with Crippen LogP contribution in [-0.4, -0.2) is 39.8 Å². The molecule has 0 radical (unpaired) electrons. The molecule has 4 atom stereocenters. The zero-order valence-electron chi connectivity index (χ0n) is 19.7. The van der Waals surface area contributed by atoms with Gasteiger partial charge in [0.15, 0.2) is 6.61 Å². The lowest BCUT2D eigenvalue weighted by Crippen LogP contribution is -2.36. The number of ketones is 1. The van der Waals surface area contributed by atoms with Crippen molar-refractivity contribution in [2.75, 3.05) is 6.61 Å². The first-order valence-electron chi connectivity index (χ1n) is 12.3. The summed E-state index contributed by atoms with van der Waals surface area (Å²) in [5.41, 5.74) is 2.53. The fraction of sp³-hybridized carbons (Fsp3) is 0.500. The number of hydrogen-bond acceptors (Lipinski definition) is 5. The standard InChI is InChI=1S/C28H34O6/c1-2-10-28(11-5-12-28)27(33)20-8-4-7-19(15-20)26-22(23(29)16-24(26)30)14-18-6-3-9-21(13-18)34-17-25(31)32/h3-4,6-9,13,15,22,24,26-27,30,33H,2,5,10-12,14,16-17H2,1H3,(H,31,32)/t22-,24+,26+,27+/m0/s1. The van der Waals surface area contributed by atoms with Gasteiger partial charge in [-0.25, -0.2) is 4.79 Å². The molecule has 2 aromatic rings. The van der Waals surface area contributed by atoms with Crippen molar-refractivity contribution in [3.8, 4) is 5.75 Å². The number of benzene rings is 2. The maximum absolute atomic E-state index is 12.9. The quantitative estimate of drug-likeness (QED) is 0.479. The smallest absolute Gasteiger partial charge is 0.341 e. The summed E-state index contributed by atoms with van der Waals surface area (Å²) in [4.78, 5) is 23.7. The van der Waals surface area contributed by atoms with E-state index < -0.39 is 30.7 Å². The van der Waals surface area contributed by atoms with Crippen LogP contribution in [0.2, 0.25) is 0 Å². The second-order valence-electron chi connectivity index (χ2n) is 9.94. The van der Waals surface area contributed by atoms with Crippen LogP contribution in [0.1, 0.15) is 74.2 Å². The van der Waals surface area contributed by atoms with Crippen LogP contribution in [0.3, 0.4) is 0 Å². The molecule has 0 aliphatic heterocycles. The lowest BCUT2D eigenvalue weighted by atomic mass is 9.61. The Morgan fingerprint density at radius 2 is 1.94 bits per heavy atom. The topological polar surface area (TPSA) is 104 Å². The van der Waals surface area contributed by atoms with Crippen molar-refractivity contribution in [3.63, 3.8) is 0 Å². The van der Waals surface area contributed by atoms with E-state index in [0.29, 0.717) is 12.2 Å². The SMILES string of the molecule is CCCC1([C@H](O)c2cccc([C@H]3[C@H](O)CC(=O)[C@@H]3Cc3cccc(OCC(=O)O)c3)c2)CCC1. The summed E-state index contributed by atoms with van der Waals surface area (Å²) >= 11 is 0. The third kappa shape index (κ3) is 5.03. The number of carbonyl (C=O) groups is 2. The van der Waals surface area contributed by atoms with Gasteiger partial charge in [-0.3, -0.25) is 4.79 Å². The van der Waals surface area contributed by atoms with Gasteiger partial charge >= 0.3 is 5.97 Å². The Morgan fingerprint density at radius 3 is 2.62 bits per heavy atom. The summed E-state index contributed by atoms with van der Waals surface area (Å²) in [5, 5.41) is 30.9. The Bertz CT molecular complexity index is 1030. The zero-order valence-corrected chi connectivity index (χ0v) is 19.7. The highest BCUT2D eigenvalue weighted by atomic mass is 16.5. The number of carboxylic acids is 1. The fourth-order valence-electron chi connectivity index (χ4n) is 5.89. The number of hydrogen-bond donors (Lipinski definition) is 3. The highest BCUT2D eigenvalue weighted by Gasteiger charge is 2.45. The molecule has 182 valence electrons. The third-order valence-corrected chi connectivity index (χ3v) is 7.68. The Labute approximate surface area is 200 Å². The van der Waals surface area contributed by atoms with Gasteiger partial charge in [0.1, 0.15) is 11.5 Å². The number of ether oxygens (including phenoxy) is 1. The highest BCUT2D eigenvalue weighted by molar-refractivity contribution is 5.85.